The minimum absolute atomic E-state index is 0.0371. The molecule has 4 nitrogen and oxygen atoms in total. The first-order valence-electron chi connectivity index (χ1n) is 9.26. The first kappa shape index (κ1) is 17.3. The number of hydrogen-bond donors (Lipinski definition) is 1. The monoisotopic (exact) mass is 357 g/mol. The van der Waals surface area contributed by atoms with Gasteiger partial charge in [-0.3, -0.25) is 4.79 Å². The van der Waals surface area contributed by atoms with Gasteiger partial charge in [0.05, 0.1) is 5.56 Å². The summed E-state index contributed by atoms with van der Waals surface area (Å²) in [6.45, 7) is 5.56. The van der Waals surface area contributed by atoms with Crippen LogP contribution < -0.4 is 5.32 Å². The fraction of sp³-hybridized carbons (Fsp3) is 0.217. The molecule has 4 heteroatoms. The van der Waals surface area contributed by atoms with Gasteiger partial charge in [-0.2, -0.15) is 0 Å². The lowest BCUT2D eigenvalue weighted by Crippen LogP contribution is -2.35. The van der Waals surface area contributed by atoms with Gasteiger partial charge in [0.15, 0.2) is 0 Å². The molecule has 3 aromatic rings. The molecule has 0 atom stereocenters. The molecule has 0 radical (unpaired) electrons. The number of carbonyl (C=O) groups excluding carboxylic acids is 1. The molecule has 0 aliphatic carbocycles. The number of hydrogen-bond acceptors (Lipinski definition) is 3. The van der Waals surface area contributed by atoms with Gasteiger partial charge in [0.1, 0.15) is 5.82 Å². The summed E-state index contributed by atoms with van der Waals surface area (Å²) in [6, 6.07) is 18.3. The van der Waals surface area contributed by atoms with E-state index in [4.69, 9.17) is 0 Å². The molecule has 0 saturated carbocycles. The lowest BCUT2D eigenvalue weighted by Gasteiger charge is -2.28. The van der Waals surface area contributed by atoms with Gasteiger partial charge >= 0.3 is 0 Å². The number of pyridine rings is 1. The average molecular weight is 357 g/mol. The minimum atomic E-state index is 0.0371. The number of aryl methyl sites for hydroxylation is 2. The van der Waals surface area contributed by atoms with E-state index in [1.54, 1.807) is 6.20 Å². The second-order valence-corrected chi connectivity index (χ2v) is 7.12. The van der Waals surface area contributed by atoms with Crippen LogP contribution in [0, 0.1) is 13.8 Å². The lowest BCUT2D eigenvalue weighted by atomic mass is 9.99. The molecular weight excluding hydrogens is 334 g/mol. The molecule has 136 valence electrons. The van der Waals surface area contributed by atoms with Crippen LogP contribution in [0.25, 0.3) is 0 Å². The van der Waals surface area contributed by atoms with Crippen LogP contribution in [0.2, 0.25) is 0 Å². The number of fused-ring (bicyclic) bond motifs is 1. The maximum absolute atomic E-state index is 12.8. The highest BCUT2D eigenvalue weighted by atomic mass is 16.2. The Morgan fingerprint density at radius 3 is 2.59 bits per heavy atom. The summed E-state index contributed by atoms with van der Waals surface area (Å²) in [5.41, 5.74) is 6.63. The van der Waals surface area contributed by atoms with Crippen molar-refractivity contribution >= 4 is 17.4 Å². The zero-order chi connectivity index (χ0) is 18.8. The van der Waals surface area contributed by atoms with Crippen LogP contribution in [0.3, 0.4) is 0 Å². The van der Waals surface area contributed by atoms with Crippen molar-refractivity contribution in [2.75, 3.05) is 11.9 Å². The molecule has 1 amide bonds. The van der Waals surface area contributed by atoms with Gasteiger partial charge in [-0.05, 0) is 55.2 Å². The van der Waals surface area contributed by atoms with Crippen LogP contribution in [0.4, 0.5) is 11.5 Å². The standard InChI is InChI=1S/C23H23N3O/c1-16-7-9-21(17(2)13-16)25-22-10-8-19(14-24-22)23(27)26-12-11-18-5-3-4-6-20(18)15-26/h3-10,13-14H,11-12,15H2,1-2H3,(H,24,25). The van der Waals surface area contributed by atoms with Crippen molar-refractivity contribution in [3.8, 4) is 0 Å². The van der Waals surface area contributed by atoms with Crippen LogP contribution in [-0.2, 0) is 13.0 Å². The van der Waals surface area contributed by atoms with E-state index < -0.39 is 0 Å². The number of amides is 1. The summed E-state index contributed by atoms with van der Waals surface area (Å²) in [4.78, 5) is 19.2. The number of nitrogens with one attached hydrogen (secondary N) is 1. The highest BCUT2D eigenvalue weighted by Crippen LogP contribution is 2.22. The van der Waals surface area contributed by atoms with Crippen molar-refractivity contribution < 1.29 is 4.79 Å². The van der Waals surface area contributed by atoms with Crippen molar-refractivity contribution in [3.05, 3.63) is 88.6 Å². The molecule has 1 aromatic heterocycles. The van der Waals surface area contributed by atoms with E-state index in [-0.39, 0.29) is 5.91 Å². The molecule has 0 saturated heterocycles. The zero-order valence-corrected chi connectivity index (χ0v) is 15.7. The smallest absolute Gasteiger partial charge is 0.255 e. The number of carbonyl (C=O) groups is 1. The molecule has 0 unspecified atom stereocenters. The third kappa shape index (κ3) is 3.70. The summed E-state index contributed by atoms with van der Waals surface area (Å²) in [7, 11) is 0. The normalized spacial score (nSPS) is 13.2. The Balaban J connectivity index is 1.47. The van der Waals surface area contributed by atoms with Crippen molar-refractivity contribution in [1.82, 2.24) is 9.88 Å². The first-order chi connectivity index (χ1) is 13.1. The molecule has 0 spiro atoms. The molecule has 2 heterocycles. The van der Waals surface area contributed by atoms with E-state index in [1.165, 1.54) is 22.3 Å². The van der Waals surface area contributed by atoms with Crippen LogP contribution in [0.15, 0.2) is 60.8 Å². The van der Waals surface area contributed by atoms with E-state index in [1.807, 2.05) is 23.1 Å². The summed E-state index contributed by atoms with van der Waals surface area (Å²) in [5.74, 6) is 0.776. The average Bonchev–Trinajstić information content (AvgIpc) is 2.70. The number of benzene rings is 2. The molecule has 4 rings (SSSR count). The lowest BCUT2D eigenvalue weighted by molar-refractivity contribution is 0.0734. The first-order valence-corrected chi connectivity index (χ1v) is 9.26. The van der Waals surface area contributed by atoms with Gasteiger partial charge in [-0.1, -0.05) is 42.0 Å². The second kappa shape index (κ2) is 7.23. The Bertz CT molecular complexity index is 979. The van der Waals surface area contributed by atoms with Gasteiger partial charge in [0.2, 0.25) is 0 Å². The molecule has 2 aromatic carbocycles. The van der Waals surface area contributed by atoms with Gasteiger partial charge in [-0.25, -0.2) is 4.98 Å². The molecule has 1 N–H and O–H groups in total. The SMILES string of the molecule is Cc1ccc(Nc2ccc(C(=O)N3CCc4ccccc4C3)cn2)c(C)c1. The quantitative estimate of drug-likeness (QED) is 0.743. The van der Waals surface area contributed by atoms with Crippen LogP contribution in [-0.4, -0.2) is 22.3 Å². The van der Waals surface area contributed by atoms with Crippen LogP contribution >= 0.6 is 0 Å². The molecule has 1 aliphatic heterocycles. The third-order valence-electron chi connectivity index (χ3n) is 5.07. The number of anilines is 2. The Hall–Kier alpha value is -3.14. The number of rotatable bonds is 3. The number of nitrogens with zero attached hydrogens (tertiary/aromatic N) is 2. The Morgan fingerprint density at radius 2 is 1.85 bits per heavy atom. The molecule has 0 fully saturated rings. The zero-order valence-electron chi connectivity index (χ0n) is 15.7. The van der Waals surface area contributed by atoms with Gasteiger partial charge < -0.3 is 10.2 Å². The highest BCUT2D eigenvalue weighted by molar-refractivity contribution is 5.94. The van der Waals surface area contributed by atoms with Gasteiger partial charge in [-0.15, -0.1) is 0 Å². The van der Waals surface area contributed by atoms with E-state index in [9.17, 15) is 4.79 Å². The molecule has 1 aliphatic rings. The Labute approximate surface area is 159 Å². The van der Waals surface area contributed by atoms with Gasteiger partial charge in [0.25, 0.3) is 5.91 Å². The second-order valence-electron chi connectivity index (χ2n) is 7.12. The molecular formula is C23H23N3O. The van der Waals surface area contributed by atoms with Crippen LogP contribution in [0.5, 0.6) is 0 Å². The molecule has 0 bridgehead atoms. The third-order valence-corrected chi connectivity index (χ3v) is 5.07. The summed E-state index contributed by atoms with van der Waals surface area (Å²) in [5, 5.41) is 3.32. The van der Waals surface area contributed by atoms with Crippen molar-refractivity contribution in [2.45, 2.75) is 26.8 Å². The highest BCUT2D eigenvalue weighted by Gasteiger charge is 2.21. The Kier molecular flexibility index (Phi) is 4.63. The minimum Gasteiger partial charge on any atom is -0.340 e. The van der Waals surface area contributed by atoms with E-state index in [0.717, 1.165) is 24.5 Å². The predicted molar refractivity (Wildman–Crippen MR) is 108 cm³/mol. The summed E-state index contributed by atoms with van der Waals surface area (Å²) >= 11 is 0. The number of aromatic nitrogens is 1. The maximum atomic E-state index is 12.8. The van der Waals surface area contributed by atoms with Gasteiger partial charge in [0, 0.05) is 25.0 Å². The maximum Gasteiger partial charge on any atom is 0.255 e. The van der Waals surface area contributed by atoms with E-state index in [2.05, 4.69) is 60.5 Å². The summed E-state index contributed by atoms with van der Waals surface area (Å²) < 4.78 is 0. The molecule has 27 heavy (non-hydrogen) atoms. The van der Waals surface area contributed by atoms with Crippen molar-refractivity contribution in [3.63, 3.8) is 0 Å². The predicted octanol–water partition coefficient (Wildman–Crippen LogP) is 4.64. The largest absolute Gasteiger partial charge is 0.340 e. The van der Waals surface area contributed by atoms with Crippen LogP contribution in [0.1, 0.15) is 32.6 Å². The van der Waals surface area contributed by atoms with Crippen molar-refractivity contribution in [1.29, 1.82) is 0 Å². The topological polar surface area (TPSA) is 45.2 Å². The fourth-order valence-electron chi connectivity index (χ4n) is 3.54. The van der Waals surface area contributed by atoms with E-state index >= 15 is 0 Å². The fourth-order valence-corrected chi connectivity index (χ4v) is 3.54. The van der Waals surface area contributed by atoms with E-state index in [0.29, 0.717) is 12.1 Å². The Morgan fingerprint density at radius 1 is 1.04 bits per heavy atom. The summed E-state index contributed by atoms with van der Waals surface area (Å²) in [6.07, 6.45) is 2.57. The van der Waals surface area contributed by atoms with Crippen molar-refractivity contribution in [2.24, 2.45) is 0 Å².